The van der Waals surface area contributed by atoms with Crippen LogP contribution in [0.4, 0.5) is 0 Å². The Morgan fingerprint density at radius 1 is 1.20 bits per heavy atom. The van der Waals surface area contributed by atoms with E-state index >= 15 is 0 Å². The van der Waals surface area contributed by atoms with Gasteiger partial charge in [0.1, 0.15) is 5.75 Å². The Bertz CT molecular complexity index is 797. The zero-order chi connectivity index (χ0) is 18.0. The molecule has 1 aliphatic rings. The van der Waals surface area contributed by atoms with E-state index in [9.17, 15) is 9.90 Å². The van der Waals surface area contributed by atoms with Crippen LogP contribution < -0.4 is 4.74 Å². The summed E-state index contributed by atoms with van der Waals surface area (Å²) in [7, 11) is 1.57. The minimum absolute atomic E-state index is 0.314. The average Bonchev–Trinajstić information content (AvgIpc) is 2.99. The van der Waals surface area contributed by atoms with Crippen LogP contribution in [0.5, 0.6) is 5.75 Å². The molecule has 25 heavy (non-hydrogen) atoms. The van der Waals surface area contributed by atoms with Crippen molar-refractivity contribution in [3.8, 4) is 5.75 Å². The largest absolute Gasteiger partial charge is 0.497 e. The van der Waals surface area contributed by atoms with Crippen molar-refractivity contribution >= 4 is 11.6 Å². The van der Waals surface area contributed by atoms with Gasteiger partial charge in [-0.3, -0.25) is 4.79 Å². The summed E-state index contributed by atoms with van der Waals surface area (Å²) in [4.78, 5) is 13.0. The molecule has 130 valence electrons. The molecule has 2 aromatic rings. The first kappa shape index (κ1) is 17.2. The van der Waals surface area contributed by atoms with Gasteiger partial charge >= 0.3 is 0 Å². The SMILES string of the molecule is CCC1=NN(C(=O)c2ccc(OC)cc2)[C@@](O)(c2ccc(C)cc2)C1. The van der Waals surface area contributed by atoms with Gasteiger partial charge in [0.15, 0.2) is 5.72 Å². The van der Waals surface area contributed by atoms with Crippen molar-refractivity contribution in [2.24, 2.45) is 5.10 Å². The van der Waals surface area contributed by atoms with E-state index in [4.69, 9.17) is 4.74 Å². The number of aryl methyl sites for hydroxylation is 1. The molecule has 0 saturated heterocycles. The normalized spacial score (nSPS) is 19.7. The number of hydrazone groups is 1. The van der Waals surface area contributed by atoms with Gasteiger partial charge in [-0.05, 0) is 37.6 Å². The predicted molar refractivity (Wildman–Crippen MR) is 96.6 cm³/mol. The number of hydrogen-bond acceptors (Lipinski definition) is 4. The molecular formula is C20H22N2O3. The van der Waals surface area contributed by atoms with E-state index in [1.165, 1.54) is 5.01 Å². The molecule has 0 aromatic heterocycles. The maximum atomic E-state index is 13.0. The molecule has 0 radical (unpaired) electrons. The fourth-order valence-corrected chi connectivity index (χ4v) is 2.93. The Labute approximate surface area is 147 Å². The van der Waals surface area contributed by atoms with Crippen LogP contribution in [0, 0.1) is 6.92 Å². The number of methoxy groups -OCH3 is 1. The monoisotopic (exact) mass is 338 g/mol. The van der Waals surface area contributed by atoms with Crippen molar-refractivity contribution in [2.75, 3.05) is 7.11 Å². The van der Waals surface area contributed by atoms with E-state index in [1.807, 2.05) is 38.1 Å². The lowest BCUT2D eigenvalue weighted by Gasteiger charge is -2.31. The number of hydrogen-bond donors (Lipinski definition) is 1. The fourth-order valence-electron chi connectivity index (χ4n) is 2.93. The molecule has 0 fully saturated rings. The summed E-state index contributed by atoms with van der Waals surface area (Å²) in [5.41, 5.74) is 1.54. The smallest absolute Gasteiger partial charge is 0.276 e. The van der Waals surface area contributed by atoms with Gasteiger partial charge in [-0.15, -0.1) is 0 Å². The van der Waals surface area contributed by atoms with Crippen LogP contribution in [0.2, 0.25) is 0 Å². The van der Waals surface area contributed by atoms with E-state index in [-0.39, 0.29) is 5.91 Å². The van der Waals surface area contributed by atoms with Gasteiger partial charge in [-0.25, -0.2) is 0 Å². The highest BCUT2D eigenvalue weighted by Crippen LogP contribution is 2.37. The van der Waals surface area contributed by atoms with E-state index in [2.05, 4.69) is 5.10 Å². The summed E-state index contributed by atoms with van der Waals surface area (Å²) in [6, 6.07) is 14.3. The number of carbonyl (C=O) groups is 1. The Morgan fingerprint density at radius 3 is 2.40 bits per heavy atom. The maximum Gasteiger partial charge on any atom is 0.276 e. The van der Waals surface area contributed by atoms with Gasteiger partial charge in [0.25, 0.3) is 5.91 Å². The summed E-state index contributed by atoms with van der Waals surface area (Å²) in [5, 5.41) is 16.9. The average molecular weight is 338 g/mol. The van der Waals surface area contributed by atoms with Gasteiger partial charge < -0.3 is 9.84 Å². The Balaban J connectivity index is 1.98. The lowest BCUT2D eigenvalue weighted by Crippen LogP contribution is -2.43. The summed E-state index contributed by atoms with van der Waals surface area (Å²) in [5.74, 6) is 0.332. The van der Waals surface area contributed by atoms with Gasteiger partial charge in [-0.1, -0.05) is 36.8 Å². The molecule has 0 aliphatic carbocycles. The second-order valence-electron chi connectivity index (χ2n) is 6.22. The van der Waals surface area contributed by atoms with Crippen molar-refractivity contribution in [1.29, 1.82) is 0 Å². The Morgan fingerprint density at radius 2 is 1.84 bits per heavy atom. The van der Waals surface area contributed by atoms with Gasteiger partial charge in [0.05, 0.1) is 7.11 Å². The van der Waals surface area contributed by atoms with Crippen LogP contribution in [-0.2, 0) is 5.72 Å². The number of carbonyl (C=O) groups excluding carboxylic acids is 1. The third-order valence-electron chi connectivity index (χ3n) is 4.49. The molecule has 1 heterocycles. The first-order valence-corrected chi connectivity index (χ1v) is 8.32. The van der Waals surface area contributed by atoms with Gasteiger partial charge in [-0.2, -0.15) is 10.1 Å². The van der Waals surface area contributed by atoms with Crippen LogP contribution in [0.25, 0.3) is 0 Å². The van der Waals surface area contributed by atoms with Crippen molar-refractivity contribution in [1.82, 2.24) is 5.01 Å². The molecule has 1 atom stereocenters. The molecule has 1 amide bonds. The minimum Gasteiger partial charge on any atom is -0.497 e. The topological polar surface area (TPSA) is 62.1 Å². The highest BCUT2D eigenvalue weighted by molar-refractivity contribution is 5.98. The van der Waals surface area contributed by atoms with E-state index in [1.54, 1.807) is 31.4 Å². The molecule has 2 aromatic carbocycles. The van der Waals surface area contributed by atoms with Gasteiger partial charge in [0, 0.05) is 23.3 Å². The summed E-state index contributed by atoms with van der Waals surface area (Å²) < 4.78 is 5.13. The van der Waals surface area contributed by atoms with Crippen LogP contribution in [-0.4, -0.2) is 28.8 Å². The number of nitrogens with zero attached hydrogens (tertiary/aromatic N) is 2. The zero-order valence-electron chi connectivity index (χ0n) is 14.7. The van der Waals surface area contributed by atoms with Gasteiger partial charge in [0.2, 0.25) is 0 Å². The molecular weight excluding hydrogens is 316 g/mol. The zero-order valence-corrected chi connectivity index (χ0v) is 14.7. The van der Waals surface area contributed by atoms with Crippen LogP contribution >= 0.6 is 0 Å². The van der Waals surface area contributed by atoms with E-state index in [0.717, 1.165) is 11.3 Å². The lowest BCUT2D eigenvalue weighted by molar-refractivity contribution is -0.0765. The molecule has 0 bridgehead atoms. The van der Waals surface area contributed by atoms with Crippen LogP contribution in [0.1, 0.15) is 41.3 Å². The Hall–Kier alpha value is -2.66. The summed E-state index contributed by atoms with van der Waals surface area (Å²) in [6.07, 6.45) is 0.995. The van der Waals surface area contributed by atoms with E-state index < -0.39 is 5.72 Å². The van der Waals surface area contributed by atoms with Crippen LogP contribution in [0.3, 0.4) is 0 Å². The maximum absolute atomic E-state index is 13.0. The third kappa shape index (κ3) is 3.15. The van der Waals surface area contributed by atoms with Crippen molar-refractivity contribution in [2.45, 2.75) is 32.4 Å². The highest BCUT2D eigenvalue weighted by Gasteiger charge is 2.45. The molecule has 0 saturated carbocycles. The number of aliphatic hydroxyl groups is 1. The van der Waals surface area contributed by atoms with Crippen molar-refractivity contribution in [3.05, 3.63) is 65.2 Å². The molecule has 1 N–H and O–H groups in total. The third-order valence-corrected chi connectivity index (χ3v) is 4.49. The molecule has 0 spiro atoms. The minimum atomic E-state index is -1.46. The molecule has 1 aliphatic heterocycles. The first-order valence-electron chi connectivity index (χ1n) is 8.32. The fraction of sp³-hybridized carbons (Fsp3) is 0.300. The number of amides is 1. The molecule has 3 rings (SSSR count). The van der Waals surface area contributed by atoms with Crippen molar-refractivity contribution < 1.29 is 14.6 Å². The molecule has 5 heteroatoms. The molecule has 5 nitrogen and oxygen atoms in total. The summed E-state index contributed by atoms with van der Waals surface area (Å²) in [6.45, 7) is 3.95. The number of rotatable bonds is 4. The highest BCUT2D eigenvalue weighted by atomic mass is 16.5. The van der Waals surface area contributed by atoms with Crippen molar-refractivity contribution in [3.63, 3.8) is 0 Å². The Kier molecular flexibility index (Phi) is 4.59. The predicted octanol–water partition coefficient (Wildman–Crippen LogP) is 3.46. The second kappa shape index (κ2) is 6.69. The quantitative estimate of drug-likeness (QED) is 0.928. The second-order valence-corrected chi connectivity index (χ2v) is 6.22. The standard InChI is InChI=1S/C20H22N2O3/c1-4-17-13-20(24,16-9-5-14(2)6-10-16)22(21-17)19(23)15-7-11-18(25-3)12-8-15/h5-12,24H,4,13H2,1-3H3/t20-/m0/s1. The van der Waals surface area contributed by atoms with Crippen LogP contribution in [0.15, 0.2) is 53.6 Å². The molecule has 0 unspecified atom stereocenters. The number of benzene rings is 2. The van der Waals surface area contributed by atoms with E-state index in [0.29, 0.717) is 29.7 Å². The first-order chi connectivity index (χ1) is 12.0. The lowest BCUT2D eigenvalue weighted by atomic mass is 9.95. The number of ether oxygens (including phenoxy) is 1. The summed E-state index contributed by atoms with van der Waals surface area (Å²) >= 11 is 0.